The Bertz CT molecular complexity index is 509. The number of rotatable bonds is 4. The van der Waals surface area contributed by atoms with Crippen LogP contribution in [0.2, 0.25) is 0 Å². The normalized spacial score (nSPS) is 10.7. The fourth-order valence-electron chi connectivity index (χ4n) is 1.42. The number of benzene rings is 1. The third-order valence-corrected chi connectivity index (χ3v) is 2.85. The van der Waals surface area contributed by atoms with E-state index in [0.29, 0.717) is 11.5 Å². The second kappa shape index (κ2) is 5.45. The minimum atomic E-state index is 0.676. The zero-order valence-electron chi connectivity index (χ0n) is 9.58. The predicted molar refractivity (Wildman–Crippen MR) is 68.9 cm³/mol. The van der Waals surface area contributed by atoms with Crippen LogP contribution in [-0.2, 0) is 0 Å². The van der Waals surface area contributed by atoms with Crippen molar-refractivity contribution in [3.8, 4) is 11.5 Å². The van der Waals surface area contributed by atoms with Gasteiger partial charge in [-0.05, 0) is 12.1 Å². The first-order valence-electron chi connectivity index (χ1n) is 4.99. The summed E-state index contributed by atoms with van der Waals surface area (Å²) in [5.74, 6) is 1.37. The second-order valence-electron chi connectivity index (χ2n) is 3.16. The molecular formula is C12H12N2O2S. The zero-order valence-corrected chi connectivity index (χ0v) is 10.4. The minimum absolute atomic E-state index is 0.676. The maximum absolute atomic E-state index is 5.30. The highest BCUT2D eigenvalue weighted by Crippen LogP contribution is 2.29. The van der Waals surface area contributed by atoms with Crippen molar-refractivity contribution >= 4 is 22.7 Å². The maximum atomic E-state index is 5.30. The molecule has 0 atom stereocenters. The van der Waals surface area contributed by atoms with E-state index < -0.39 is 0 Å². The Labute approximate surface area is 104 Å². The third kappa shape index (κ3) is 2.62. The second-order valence-corrected chi connectivity index (χ2v) is 4.03. The fourth-order valence-corrected chi connectivity index (χ4v) is 1.90. The number of methoxy groups -OCH3 is 2. The molecule has 0 bridgehead atoms. The van der Waals surface area contributed by atoms with Crippen LogP contribution in [-0.4, -0.2) is 25.4 Å². The summed E-state index contributed by atoms with van der Waals surface area (Å²) < 4.78 is 10.5. The van der Waals surface area contributed by atoms with E-state index in [2.05, 4.69) is 9.98 Å². The maximum Gasteiger partial charge on any atom is 0.209 e. The van der Waals surface area contributed by atoms with Gasteiger partial charge in [-0.15, -0.1) is 11.3 Å². The summed E-state index contributed by atoms with van der Waals surface area (Å²) in [4.78, 5) is 8.35. The summed E-state index contributed by atoms with van der Waals surface area (Å²) in [6.07, 6.45) is 3.44. The Morgan fingerprint density at radius 3 is 2.82 bits per heavy atom. The van der Waals surface area contributed by atoms with Gasteiger partial charge in [0.2, 0.25) is 5.13 Å². The average molecular weight is 248 g/mol. The van der Waals surface area contributed by atoms with Crippen molar-refractivity contribution in [2.45, 2.75) is 0 Å². The van der Waals surface area contributed by atoms with Gasteiger partial charge in [-0.2, -0.15) is 0 Å². The molecule has 0 fully saturated rings. The van der Waals surface area contributed by atoms with Crippen molar-refractivity contribution in [2.24, 2.45) is 4.99 Å². The molecule has 5 heteroatoms. The molecule has 0 unspecified atom stereocenters. The molecule has 4 nitrogen and oxygen atoms in total. The lowest BCUT2D eigenvalue weighted by atomic mass is 10.2. The number of aliphatic imine (C=N–C) groups is 1. The van der Waals surface area contributed by atoms with Crippen LogP contribution in [0.25, 0.3) is 0 Å². The predicted octanol–water partition coefficient (Wildman–Crippen LogP) is 2.91. The molecule has 0 aliphatic rings. The van der Waals surface area contributed by atoms with Gasteiger partial charge in [0.25, 0.3) is 0 Å². The first-order chi connectivity index (χ1) is 8.35. The number of aromatic nitrogens is 1. The SMILES string of the molecule is COc1cccc(C=Nc2nccs2)c1OC. The lowest BCUT2D eigenvalue weighted by Crippen LogP contribution is -1.94. The van der Waals surface area contributed by atoms with E-state index in [1.807, 2.05) is 23.6 Å². The number of nitrogens with zero attached hydrogens (tertiary/aromatic N) is 2. The van der Waals surface area contributed by atoms with Crippen molar-refractivity contribution in [1.82, 2.24) is 4.98 Å². The monoisotopic (exact) mass is 248 g/mol. The van der Waals surface area contributed by atoms with Gasteiger partial charge >= 0.3 is 0 Å². The highest BCUT2D eigenvalue weighted by atomic mass is 32.1. The highest BCUT2D eigenvalue weighted by Gasteiger charge is 2.07. The first-order valence-corrected chi connectivity index (χ1v) is 5.87. The Hall–Kier alpha value is -1.88. The zero-order chi connectivity index (χ0) is 12.1. The van der Waals surface area contributed by atoms with E-state index >= 15 is 0 Å². The van der Waals surface area contributed by atoms with Crippen molar-refractivity contribution in [2.75, 3.05) is 14.2 Å². The largest absolute Gasteiger partial charge is 0.493 e. The Kier molecular flexibility index (Phi) is 3.72. The van der Waals surface area contributed by atoms with Crippen molar-refractivity contribution in [1.29, 1.82) is 0 Å². The van der Waals surface area contributed by atoms with E-state index in [-0.39, 0.29) is 0 Å². The number of ether oxygens (including phenoxy) is 2. The van der Waals surface area contributed by atoms with Gasteiger partial charge < -0.3 is 9.47 Å². The van der Waals surface area contributed by atoms with Crippen molar-refractivity contribution < 1.29 is 9.47 Å². The van der Waals surface area contributed by atoms with Crippen molar-refractivity contribution in [3.05, 3.63) is 35.3 Å². The van der Waals surface area contributed by atoms with Crippen LogP contribution in [0.1, 0.15) is 5.56 Å². The van der Waals surface area contributed by atoms with E-state index in [0.717, 1.165) is 10.7 Å². The fraction of sp³-hybridized carbons (Fsp3) is 0.167. The van der Waals surface area contributed by atoms with Crippen LogP contribution in [0.15, 0.2) is 34.8 Å². The number of hydrogen-bond donors (Lipinski definition) is 0. The quantitative estimate of drug-likeness (QED) is 0.781. The van der Waals surface area contributed by atoms with E-state index in [1.54, 1.807) is 26.6 Å². The van der Waals surface area contributed by atoms with Gasteiger partial charge in [0, 0.05) is 23.4 Å². The summed E-state index contributed by atoms with van der Waals surface area (Å²) in [5.41, 5.74) is 0.863. The molecule has 0 N–H and O–H groups in total. The lowest BCUT2D eigenvalue weighted by molar-refractivity contribution is 0.354. The topological polar surface area (TPSA) is 43.7 Å². The molecule has 2 rings (SSSR count). The highest BCUT2D eigenvalue weighted by molar-refractivity contribution is 7.13. The van der Waals surface area contributed by atoms with Crippen molar-refractivity contribution in [3.63, 3.8) is 0 Å². The molecule has 0 saturated carbocycles. The molecule has 0 aliphatic carbocycles. The molecular weight excluding hydrogens is 236 g/mol. The Balaban J connectivity index is 2.32. The van der Waals surface area contributed by atoms with E-state index in [1.165, 1.54) is 11.3 Å². The summed E-state index contributed by atoms with van der Waals surface area (Å²) in [5, 5.41) is 2.60. The van der Waals surface area contributed by atoms with Gasteiger partial charge in [0.05, 0.1) is 14.2 Å². The Morgan fingerprint density at radius 1 is 1.29 bits per heavy atom. The van der Waals surface area contributed by atoms with Gasteiger partial charge in [-0.1, -0.05) is 6.07 Å². The van der Waals surface area contributed by atoms with E-state index in [4.69, 9.17) is 9.47 Å². The van der Waals surface area contributed by atoms with Crippen LogP contribution in [0.5, 0.6) is 11.5 Å². The molecule has 1 heterocycles. The molecule has 17 heavy (non-hydrogen) atoms. The molecule has 2 aromatic rings. The molecule has 0 spiro atoms. The van der Waals surface area contributed by atoms with Gasteiger partial charge in [-0.3, -0.25) is 0 Å². The smallest absolute Gasteiger partial charge is 0.209 e. The van der Waals surface area contributed by atoms with Crippen LogP contribution in [0.4, 0.5) is 5.13 Å². The van der Waals surface area contributed by atoms with Gasteiger partial charge in [0.1, 0.15) is 0 Å². The molecule has 0 amide bonds. The lowest BCUT2D eigenvalue weighted by Gasteiger charge is -2.09. The van der Waals surface area contributed by atoms with Gasteiger partial charge in [-0.25, -0.2) is 9.98 Å². The Morgan fingerprint density at radius 2 is 2.18 bits per heavy atom. The van der Waals surface area contributed by atoms with Crippen LogP contribution in [0, 0.1) is 0 Å². The van der Waals surface area contributed by atoms with Crippen LogP contribution < -0.4 is 9.47 Å². The summed E-state index contributed by atoms with van der Waals surface area (Å²) in [6, 6.07) is 5.66. The molecule has 88 valence electrons. The van der Waals surface area contributed by atoms with Crippen LogP contribution in [0.3, 0.4) is 0 Å². The molecule has 0 saturated heterocycles. The molecule has 0 aliphatic heterocycles. The average Bonchev–Trinajstić information content (AvgIpc) is 2.88. The van der Waals surface area contributed by atoms with E-state index in [9.17, 15) is 0 Å². The third-order valence-electron chi connectivity index (χ3n) is 2.17. The number of hydrogen-bond acceptors (Lipinski definition) is 5. The summed E-state index contributed by atoms with van der Waals surface area (Å²) >= 11 is 1.48. The van der Waals surface area contributed by atoms with Gasteiger partial charge in [0.15, 0.2) is 11.5 Å². The molecule has 1 aromatic carbocycles. The summed E-state index contributed by atoms with van der Waals surface area (Å²) in [7, 11) is 3.22. The molecule has 1 aromatic heterocycles. The number of para-hydroxylation sites is 1. The first kappa shape index (κ1) is 11.6. The minimum Gasteiger partial charge on any atom is -0.493 e. The summed E-state index contributed by atoms with van der Waals surface area (Å²) in [6.45, 7) is 0. The molecule has 0 radical (unpaired) electrons. The standard InChI is InChI=1S/C12H12N2O2S/c1-15-10-5-3-4-9(11(10)16-2)8-14-12-13-6-7-17-12/h3-8H,1-2H3. The van der Waals surface area contributed by atoms with Crippen LogP contribution >= 0.6 is 11.3 Å². The number of thiazole rings is 1.